The minimum Gasteiger partial charge on any atom is -0.217 e. The van der Waals surface area contributed by atoms with E-state index in [1.807, 2.05) is 6.07 Å². The third-order valence-corrected chi connectivity index (χ3v) is 2.65. The van der Waals surface area contributed by atoms with Gasteiger partial charge in [0.05, 0.1) is 5.69 Å². The first-order valence-electron chi connectivity index (χ1n) is 4.91. The lowest BCUT2D eigenvalue weighted by atomic mass is 10.2. The largest absolute Gasteiger partial charge is 0.217 e. The number of aromatic nitrogens is 3. The molecule has 0 unspecified atom stereocenters. The molecule has 0 spiro atoms. The van der Waals surface area contributed by atoms with Crippen molar-refractivity contribution in [1.29, 1.82) is 0 Å². The van der Waals surface area contributed by atoms with Crippen molar-refractivity contribution in [3.8, 4) is 0 Å². The molecule has 0 N–H and O–H groups in total. The van der Waals surface area contributed by atoms with Crippen LogP contribution in [0.1, 0.15) is 25.5 Å². The number of hydrogen-bond donors (Lipinski definition) is 0. The molecule has 0 aliphatic rings. The maximum Gasteiger partial charge on any atom is 0.158 e. The lowest BCUT2D eigenvalue weighted by Crippen LogP contribution is -1.93. The summed E-state index contributed by atoms with van der Waals surface area (Å²) in [6.07, 6.45) is 3.22. The summed E-state index contributed by atoms with van der Waals surface area (Å²) in [4.78, 5) is 4.15. The molecule has 0 aliphatic heterocycles. The van der Waals surface area contributed by atoms with Crippen LogP contribution in [0, 0.1) is 0 Å². The molecule has 0 radical (unpaired) electrons. The first-order valence-corrected chi connectivity index (χ1v) is 5.67. The van der Waals surface area contributed by atoms with Crippen LogP contribution in [0.5, 0.6) is 0 Å². The highest BCUT2D eigenvalue weighted by Crippen LogP contribution is 2.17. The van der Waals surface area contributed by atoms with Gasteiger partial charge >= 0.3 is 0 Å². The molecule has 2 aromatic rings. The van der Waals surface area contributed by atoms with Gasteiger partial charge in [-0.05, 0) is 12.8 Å². The van der Waals surface area contributed by atoms with Crippen molar-refractivity contribution in [2.45, 2.75) is 26.2 Å². The number of nitrogens with zero attached hydrogens (tertiary/aromatic N) is 3. The van der Waals surface area contributed by atoms with Gasteiger partial charge in [0.25, 0.3) is 0 Å². The Bertz CT molecular complexity index is 479. The van der Waals surface area contributed by atoms with Crippen LogP contribution in [0.25, 0.3) is 5.65 Å². The van der Waals surface area contributed by atoms with Crippen LogP contribution < -0.4 is 0 Å². The number of rotatable bonds is 3. The van der Waals surface area contributed by atoms with E-state index in [0.717, 1.165) is 25.0 Å². The fraction of sp³-hybridized carbons (Fsp3) is 0.400. The number of unbranched alkanes of at least 4 members (excludes halogenated alkanes) is 1. The minimum absolute atomic E-state index is 0.398. The summed E-state index contributed by atoms with van der Waals surface area (Å²) in [5.41, 5.74) is 1.71. The van der Waals surface area contributed by atoms with Gasteiger partial charge in [0.1, 0.15) is 10.3 Å². The Morgan fingerprint density at radius 2 is 2.13 bits per heavy atom. The number of aryl methyl sites for hydroxylation is 1. The molecule has 0 amide bonds. The second kappa shape index (κ2) is 4.37. The average Bonchev–Trinajstić information content (AvgIpc) is 2.57. The quantitative estimate of drug-likeness (QED) is 0.774. The summed E-state index contributed by atoms with van der Waals surface area (Å²) in [5, 5.41) is 5.25. The Balaban J connectivity index is 2.41. The van der Waals surface area contributed by atoms with Crippen LogP contribution in [-0.2, 0) is 6.42 Å². The van der Waals surface area contributed by atoms with Crippen molar-refractivity contribution in [2.75, 3.05) is 0 Å². The van der Waals surface area contributed by atoms with Crippen LogP contribution in [0.3, 0.4) is 0 Å². The molecule has 0 aromatic carbocycles. The van der Waals surface area contributed by atoms with Crippen LogP contribution in [0.4, 0.5) is 0 Å². The van der Waals surface area contributed by atoms with Crippen molar-refractivity contribution in [3.05, 3.63) is 28.1 Å². The van der Waals surface area contributed by atoms with E-state index in [-0.39, 0.29) is 0 Å². The molecular formula is C10H11Cl2N3. The lowest BCUT2D eigenvalue weighted by Gasteiger charge is -1.95. The third kappa shape index (κ3) is 2.24. The van der Waals surface area contributed by atoms with Gasteiger partial charge in [-0.1, -0.05) is 36.5 Å². The minimum atomic E-state index is 0.398. The topological polar surface area (TPSA) is 30.2 Å². The highest BCUT2D eigenvalue weighted by Gasteiger charge is 2.06. The zero-order valence-electron chi connectivity index (χ0n) is 8.37. The van der Waals surface area contributed by atoms with Gasteiger partial charge in [-0.2, -0.15) is 5.10 Å². The van der Waals surface area contributed by atoms with Crippen LogP contribution in [-0.4, -0.2) is 14.6 Å². The standard InChI is InChI=1S/C10H11Cl2N3/c1-2-3-4-7-5-10-13-8(11)6-9(12)15(10)14-7/h5-6H,2-4H2,1H3. The monoisotopic (exact) mass is 243 g/mol. The van der Waals surface area contributed by atoms with Crippen molar-refractivity contribution in [3.63, 3.8) is 0 Å². The molecule has 5 heteroatoms. The Kier molecular flexibility index (Phi) is 3.12. The molecule has 0 bridgehead atoms. The van der Waals surface area contributed by atoms with Gasteiger partial charge in [-0.25, -0.2) is 9.50 Å². The van der Waals surface area contributed by atoms with Crippen LogP contribution in [0.2, 0.25) is 10.3 Å². The van der Waals surface area contributed by atoms with E-state index in [0.29, 0.717) is 16.0 Å². The smallest absolute Gasteiger partial charge is 0.158 e. The van der Waals surface area contributed by atoms with E-state index in [4.69, 9.17) is 23.2 Å². The molecule has 2 rings (SSSR count). The molecule has 80 valence electrons. The van der Waals surface area contributed by atoms with Gasteiger partial charge in [0.2, 0.25) is 0 Å². The zero-order chi connectivity index (χ0) is 10.8. The molecule has 15 heavy (non-hydrogen) atoms. The molecule has 0 saturated heterocycles. The predicted molar refractivity (Wildman–Crippen MR) is 61.6 cm³/mol. The normalized spacial score (nSPS) is 11.1. The Hall–Kier alpha value is -0.800. The molecule has 0 saturated carbocycles. The fourth-order valence-corrected chi connectivity index (χ4v) is 1.91. The number of halogens is 2. The zero-order valence-corrected chi connectivity index (χ0v) is 9.89. The van der Waals surface area contributed by atoms with E-state index >= 15 is 0 Å². The van der Waals surface area contributed by atoms with Crippen molar-refractivity contribution < 1.29 is 0 Å². The van der Waals surface area contributed by atoms with E-state index in [2.05, 4.69) is 17.0 Å². The van der Waals surface area contributed by atoms with Gasteiger partial charge in [0.15, 0.2) is 5.65 Å². The maximum absolute atomic E-state index is 5.99. The van der Waals surface area contributed by atoms with Crippen molar-refractivity contribution >= 4 is 28.8 Å². The number of fused-ring (bicyclic) bond motifs is 1. The number of hydrogen-bond acceptors (Lipinski definition) is 2. The summed E-state index contributed by atoms with van der Waals surface area (Å²) in [5.74, 6) is 0. The first kappa shape index (κ1) is 10.7. The summed E-state index contributed by atoms with van der Waals surface area (Å²) < 4.78 is 1.61. The Morgan fingerprint density at radius 3 is 2.87 bits per heavy atom. The second-order valence-electron chi connectivity index (χ2n) is 3.41. The van der Waals surface area contributed by atoms with Crippen molar-refractivity contribution in [1.82, 2.24) is 14.6 Å². The molecule has 2 aromatic heterocycles. The highest BCUT2D eigenvalue weighted by atomic mass is 35.5. The molecule has 3 nitrogen and oxygen atoms in total. The van der Waals surface area contributed by atoms with E-state index in [9.17, 15) is 0 Å². The summed E-state index contributed by atoms with van der Waals surface area (Å²) in [6.45, 7) is 2.15. The Morgan fingerprint density at radius 1 is 1.33 bits per heavy atom. The summed E-state index contributed by atoms with van der Waals surface area (Å²) >= 11 is 11.8. The molecule has 0 fully saturated rings. The predicted octanol–water partition coefficient (Wildman–Crippen LogP) is 3.38. The van der Waals surface area contributed by atoms with E-state index in [1.54, 1.807) is 10.6 Å². The summed E-state index contributed by atoms with van der Waals surface area (Å²) in [6, 6.07) is 3.51. The molecule has 2 heterocycles. The van der Waals surface area contributed by atoms with E-state index < -0.39 is 0 Å². The molecule has 0 aliphatic carbocycles. The van der Waals surface area contributed by atoms with Crippen LogP contribution >= 0.6 is 23.2 Å². The second-order valence-corrected chi connectivity index (χ2v) is 4.19. The molecule has 0 atom stereocenters. The maximum atomic E-state index is 5.99. The lowest BCUT2D eigenvalue weighted by molar-refractivity contribution is 0.761. The van der Waals surface area contributed by atoms with Gasteiger partial charge in [-0.15, -0.1) is 0 Å². The van der Waals surface area contributed by atoms with Crippen LogP contribution in [0.15, 0.2) is 12.1 Å². The average molecular weight is 244 g/mol. The third-order valence-electron chi connectivity index (χ3n) is 2.19. The van der Waals surface area contributed by atoms with Crippen molar-refractivity contribution in [2.24, 2.45) is 0 Å². The molecular weight excluding hydrogens is 233 g/mol. The summed E-state index contributed by atoms with van der Waals surface area (Å²) in [7, 11) is 0. The Labute approximate surface area is 98.0 Å². The van der Waals surface area contributed by atoms with Gasteiger partial charge in [-0.3, -0.25) is 0 Å². The fourth-order valence-electron chi connectivity index (χ4n) is 1.44. The highest BCUT2D eigenvalue weighted by molar-refractivity contribution is 6.33. The van der Waals surface area contributed by atoms with E-state index in [1.165, 1.54) is 0 Å². The van der Waals surface area contributed by atoms with Gasteiger partial charge in [0, 0.05) is 12.1 Å². The SMILES string of the molecule is CCCCc1cc2nc(Cl)cc(Cl)n2n1. The first-order chi connectivity index (χ1) is 7.20. The van der Waals surface area contributed by atoms with Gasteiger partial charge < -0.3 is 0 Å².